The first-order valence-electron chi connectivity index (χ1n) is 5.11. The molecule has 2 aromatic rings. The highest BCUT2D eigenvalue weighted by Crippen LogP contribution is 2.31. The molecule has 19 heavy (non-hydrogen) atoms. The molecule has 2 aromatic heterocycles. The fourth-order valence-electron chi connectivity index (χ4n) is 1.38. The van der Waals surface area contributed by atoms with Gasteiger partial charge < -0.3 is 5.11 Å². The Bertz CT molecular complexity index is 599. The van der Waals surface area contributed by atoms with Crippen LogP contribution in [-0.2, 0) is 4.79 Å². The van der Waals surface area contributed by atoms with Crippen LogP contribution in [0.5, 0.6) is 0 Å². The molecule has 0 saturated carbocycles. The average molecular weight is 291 g/mol. The summed E-state index contributed by atoms with van der Waals surface area (Å²) < 4.78 is 38.9. The van der Waals surface area contributed by atoms with E-state index in [1.54, 1.807) is 24.4 Å². The summed E-state index contributed by atoms with van der Waals surface area (Å²) in [7, 11) is 0. The van der Waals surface area contributed by atoms with Gasteiger partial charge in [0, 0.05) is 11.9 Å². The summed E-state index contributed by atoms with van der Waals surface area (Å²) in [5.41, 5.74) is 0.490. The number of fused-ring (bicyclic) bond motifs is 1. The van der Waals surface area contributed by atoms with Crippen molar-refractivity contribution in [3.8, 4) is 0 Å². The Hall–Kier alpha value is -1.77. The van der Waals surface area contributed by atoms with Crippen LogP contribution in [0.15, 0.2) is 29.6 Å². The number of hydrogen-bond acceptors (Lipinski definition) is 4. The second kappa shape index (κ2) is 5.08. The second-order valence-electron chi connectivity index (χ2n) is 3.65. The topological polar surface area (TPSA) is 67.5 Å². The minimum Gasteiger partial charge on any atom is -0.481 e. The number of hydrogen-bond donors (Lipinski definition) is 1. The lowest BCUT2D eigenvalue weighted by Crippen LogP contribution is -2.32. The number of thioether (sulfide) groups is 1. The molecule has 0 aliphatic rings. The number of carboxylic acid groups (broad SMARTS) is 1. The second-order valence-corrected chi connectivity index (χ2v) is 4.64. The normalized spacial score (nSPS) is 13.6. The first-order chi connectivity index (χ1) is 8.89. The van der Waals surface area contributed by atoms with E-state index in [1.165, 1.54) is 4.40 Å². The molecule has 1 unspecified atom stereocenters. The van der Waals surface area contributed by atoms with Crippen LogP contribution in [0.4, 0.5) is 13.2 Å². The molecule has 2 heterocycles. The predicted molar refractivity (Wildman–Crippen MR) is 60.9 cm³/mol. The van der Waals surface area contributed by atoms with E-state index in [2.05, 4.69) is 10.2 Å². The van der Waals surface area contributed by atoms with Crippen molar-refractivity contribution in [1.29, 1.82) is 0 Å². The van der Waals surface area contributed by atoms with Crippen molar-refractivity contribution in [2.24, 2.45) is 5.92 Å². The van der Waals surface area contributed by atoms with Crippen LogP contribution in [0.1, 0.15) is 0 Å². The Balaban J connectivity index is 2.15. The Kier molecular flexibility index (Phi) is 3.65. The fourth-order valence-corrected chi connectivity index (χ4v) is 2.42. The van der Waals surface area contributed by atoms with Crippen molar-refractivity contribution < 1.29 is 23.1 Å². The summed E-state index contributed by atoms with van der Waals surface area (Å²) in [4.78, 5) is 10.6. The van der Waals surface area contributed by atoms with E-state index in [0.29, 0.717) is 17.4 Å². The number of rotatable bonds is 4. The first kappa shape index (κ1) is 13.7. The van der Waals surface area contributed by atoms with Gasteiger partial charge in [0.2, 0.25) is 0 Å². The third-order valence-electron chi connectivity index (χ3n) is 2.35. The van der Waals surface area contributed by atoms with E-state index in [9.17, 15) is 18.0 Å². The molecule has 0 fully saturated rings. The zero-order valence-corrected chi connectivity index (χ0v) is 10.1. The van der Waals surface area contributed by atoms with Crippen LogP contribution in [0.3, 0.4) is 0 Å². The summed E-state index contributed by atoms with van der Waals surface area (Å²) in [6.07, 6.45) is -3.18. The van der Waals surface area contributed by atoms with Crippen molar-refractivity contribution in [3.05, 3.63) is 24.4 Å². The predicted octanol–water partition coefficient (Wildman–Crippen LogP) is 2.08. The van der Waals surface area contributed by atoms with Crippen LogP contribution in [0.25, 0.3) is 5.65 Å². The maximum atomic E-state index is 12.5. The summed E-state index contributed by atoms with van der Waals surface area (Å²) in [5, 5.41) is 16.3. The van der Waals surface area contributed by atoms with Crippen molar-refractivity contribution in [2.75, 3.05) is 5.75 Å². The number of aromatic nitrogens is 3. The molecule has 1 atom stereocenters. The molecule has 0 radical (unpaired) electrons. The van der Waals surface area contributed by atoms with Gasteiger partial charge in [-0.1, -0.05) is 17.8 Å². The van der Waals surface area contributed by atoms with Gasteiger partial charge in [-0.2, -0.15) is 13.2 Å². The van der Waals surface area contributed by atoms with Gasteiger partial charge in [-0.05, 0) is 12.1 Å². The molecule has 0 aliphatic heterocycles. The average Bonchev–Trinajstić information content (AvgIpc) is 2.71. The standard InChI is InChI=1S/C10H8F3N3O2S/c11-10(12,13)6(8(17)18)5-19-9-15-14-7-3-1-2-4-16(7)9/h1-4,6H,5H2,(H,17,18). The number of alkyl halides is 3. The number of carboxylic acids is 1. The van der Waals surface area contributed by atoms with Crippen LogP contribution in [-0.4, -0.2) is 37.6 Å². The third-order valence-corrected chi connectivity index (χ3v) is 3.39. The molecule has 0 saturated heterocycles. The Morgan fingerprint density at radius 1 is 1.42 bits per heavy atom. The highest BCUT2D eigenvalue weighted by molar-refractivity contribution is 7.99. The maximum Gasteiger partial charge on any atom is 0.403 e. The van der Waals surface area contributed by atoms with Crippen molar-refractivity contribution >= 4 is 23.4 Å². The molecular formula is C10H8F3N3O2S. The summed E-state index contributed by atoms with van der Waals surface area (Å²) >= 11 is 0.708. The van der Waals surface area contributed by atoms with E-state index in [1.807, 2.05) is 0 Å². The maximum absolute atomic E-state index is 12.5. The van der Waals surface area contributed by atoms with Crippen molar-refractivity contribution in [3.63, 3.8) is 0 Å². The van der Waals surface area contributed by atoms with E-state index in [0.717, 1.165) is 0 Å². The molecule has 5 nitrogen and oxygen atoms in total. The van der Waals surface area contributed by atoms with E-state index >= 15 is 0 Å². The van der Waals surface area contributed by atoms with Crippen molar-refractivity contribution in [1.82, 2.24) is 14.6 Å². The minimum atomic E-state index is -4.78. The number of pyridine rings is 1. The van der Waals surface area contributed by atoms with E-state index in [-0.39, 0.29) is 5.16 Å². The zero-order valence-electron chi connectivity index (χ0n) is 9.33. The Labute approximate surface area is 109 Å². The third kappa shape index (κ3) is 2.98. The molecule has 9 heteroatoms. The molecule has 2 rings (SSSR count). The molecule has 0 spiro atoms. The van der Waals surface area contributed by atoms with Gasteiger partial charge in [-0.3, -0.25) is 9.20 Å². The van der Waals surface area contributed by atoms with Crippen molar-refractivity contribution in [2.45, 2.75) is 11.3 Å². The van der Waals surface area contributed by atoms with Crippen LogP contribution < -0.4 is 0 Å². The van der Waals surface area contributed by atoms with Gasteiger partial charge >= 0.3 is 12.1 Å². The summed E-state index contributed by atoms with van der Waals surface area (Å²) in [5.74, 6) is -4.96. The van der Waals surface area contributed by atoms with Gasteiger partial charge in [0.05, 0.1) is 0 Å². The molecule has 0 aromatic carbocycles. The summed E-state index contributed by atoms with van der Waals surface area (Å²) in [6, 6.07) is 5.04. The lowest BCUT2D eigenvalue weighted by atomic mass is 10.2. The number of halogens is 3. The van der Waals surface area contributed by atoms with E-state index < -0.39 is 23.8 Å². The van der Waals surface area contributed by atoms with Crippen LogP contribution in [0, 0.1) is 5.92 Å². The lowest BCUT2D eigenvalue weighted by molar-refractivity contribution is -0.188. The molecule has 0 aliphatic carbocycles. The number of aliphatic carboxylic acids is 1. The zero-order chi connectivity index (χ0) is 14.0. The number of carbonyl (C=O) groups is 1. The van der Waals surface area contributed by atoms with Crippen LogP contribution in [0.2, 0.25) is 0 Å². The molecule has 0 amide bonds. The van der Waals surface area contributed by atoms with E-state index in [4.69, 9.17) is 5.11 Å². The van der Waals surface area contributed by atoms with Gasteiger partial charge in [0.1, 0.15) is 0 Å². The van der Waals surface area contributed by atoms with Gasteiger partial charge in [-0.15, -0.1) is 10.2 Å². The Morgan fingerprint density at radius 3 is 2.79 bits per heavy atom. The molecular weight excluding hydrogens is 283 g/mol. The quantitative estimate of drug-likeness (QED) is 0.874. The molecule has 0 bridgehead atoms. The SMILES string of the molecule is O=C(O)C(CSc1nnc2ccccn12)C(F)(F)F. The van der Waals surface area contributed by atoms with Gasteiger partial charge in [0.15, 0.2) is 16.7 Å². The minimum absolute atomic E-state index is 0.228. The van der Waals surface area contributed by atoms with Crippen LogP contribution >= 0.6 is 11.8 Å². The largest absolute Gasteiger partial charge is 0.481 e. The van der Waals surface area contributed by atoms with Gasteiger partial charge in [0.25, 0.3) is 0 Å². The Morgan fingerprint density at radius 2 is 2.16 bits per heavy atom. The molecule has 1 N–H and O–H groups in total. The monoisotopic (exact) mass is 291 g/mol. The molecule has 102 valence electrons. The first-order valence-corrected chi connectivity index (χ1v) is 6.10. The highest BCUT2D eigenvalue weighted by Gasteiger charge is 2.45. The highest BCUT2D eigenvalue weighted by atomic mass is 32.2. The lowest BCUT2D eigenvalue weighted by Gasteiger charge is -2.14. The summed E-state index contributed by atoms with van der Waals surface area (Å²) in [6.45, 7) is 0. The smallest absolute Gasteiger partial charge is 0.403 e. The number of nitrogens with zero attached hydrogens (tertiary/aromatic N) is 3. The van der Waals surface area contributed by atoms with Gasteiger partial charge in [-0.25, -0.2) is 0 Å². The fraction of sp³-hybridized carbons (Fsp3) is 0.300.